The Hall–Kier alpha value is -9.99. The van der Waals surface area contributed by atoms with E-state index in [4.69, 9.17) is 22.9 Å². The Morgan fingerprint density at radius 2 is 0.758 bits per heavy atom. The highest BCUT2D eigenvalue weighted by Gasteiger charge is 2.34. The highest BCUT2D eigenvalue weighted by molar-refractivity contribution is 7.98. The van der Waals surface area contributed by atoms with E-state index in [-0.39, 0.29) is 88.3 Å². The summed E-state index contributed by atoms with van der Waals surface area (Å²) < 4.78 is 0. The normalized spacial score (nSPS) is 13.3. The van der Waals surface area contributed by atoms with Crippen molar-refractivity contribution in [1.29, 1.82) is 0 Å². The number of aliphatic imine (C=N–C) groups is 1. The van der Waals surface area contributed by atoms with Gasteiger partial charge in [-0.25, -0.2) is 4.79 Å². The van der Waals surface area contributed by atoms with Gasteiger partial charge in [0.25, 0.3) is 0 Å². The van der Waals surface area contributed by atoms with Gasteiger partial charge < -0.3 is 96.7 Å². The third-order valence-electron chi connectivity index (χ3n) is 15.0. The molecule has 4 aromatic carbocycles. The van der Waals surface area contributed by atoms with Gasteiger partial charge in [0.2, 0.25) is 65.0 Å². The van der Waals surface area contributed by atoms with E-state index in [1.165, 1.54) is 59.9 Å². The van der Waals surface area contributed by atoms with Gasteiger partial charge in [-0.15, -0.1) is 0 Å². The minimum atomic E-state index is -1.47. The third-order valence-corrected chi connectivity index (χ3v) is 16.3. The van der Waals surface area contributed by atoms with Crippen LogP contribution in [0.1, 0.15) is 67.2 Å². The van der Waals surface area contributed by atoms with Gasteiger partial charge in [-0.2, -0.15) is 23.5 Å². The van der Waals surface area contributed by atoms with Gasteiger partial charge in [0.1, 0.15) is 53.8 Å². The number of carbonyl (C=O) groups excluding carboxylic acids is 11. The highest BCUT2D eigenvalue weighted by Crippen LogP contribution is 2.15. The van der Waals surface area contributed by atoms with Gasteiger partial charge >= 0.3 is 5.97 Å². The van der Waals surface area contributed by atoms with E-state index in [1.54, 1.807) is 85.3 Å². The number of phenols is 2. The number of carboxylic acids is 1. The SMILES string of the molecule is CSCC[C@H](NC(=O)[C@H](Cc1ccccc1)NC(=O)CNC(=O)CNC(=O)[C@H](Cc1ccc(O)cc1)NC(=O)[C@H](CCCN=C(N)N)NC(=O)[C@H](CCCCN)NC(=O)[C@H](CCSC)NC(=O)[C@H](Cc1ccccc1)NC(=O)CNC(=O)CNC(=O)[C@@H](N)Cc1ccc(O)cc1)C(=O)O. The largest absolute Gasteiger partial charge is 0.508 e. The van der Waals surface area contributed by atoms with E-state index < -0.39 is 145 Å². The van der Waals surface area contributed by atoms with Crippen LogP contribution >= 0.6 is 23.5 Å². The van der Waals surface area contributed by atoms with Crippen LogP contribution in [0.15, 0.2) is 114 Å². The molecule has 0 fully saturated rings. The molecule has 22 N–H and O–H groups in total. The number of nitrogens with zero attached hydrogens (tertiary/aromatic N) is 1. The summed E-state index contributed by atoms with van der Waals surface area (Å²) in [4.78, 5) is 167. The first-order chi connectivity index (χ1) is 47.4. The molecule has 99 heavy (non-hydrogen) atoms. The lowest BCUT2D eigenvalue weighted by molar-refractivity contribution is -0.142. The van der Waals surface area contributed by atoms with Crippen molar-refractivity contribution < 1.29 is 72.9 Å². The number of amides is 11. The van der Waals surface area contributed by atoms with Crippen LogP contribution in [-0.2, 0) is 83.2 Å². The molecule has 0 bridgehead atoms. The van der Waals surface area contributed by atoms with Crippen LogP contribution in [0.25, 0.3) is 0 Å². The lowest BCUT2D eigenvalue weighted by Crippen LogP contribution is -2.59. The van der Waals surface area contributed by atoms with Crippen LogP contribution in [0.3, 0.4) is 0 Å². The molecule has 538 valence electrons. The molecular weight excluding hydrogens is 1320 g/mol. The van der Waals surface area contributed by atoms with Crippen LogP contribution in [0.4, 0.5) is 0 Å². The predicted octanol–water partition coefficient (Wildman–Crippen LogP) is -2.67. The summed E-state index contributed by atoms with van der Waals surface area (Å²) in [6, 6.07) is 18.5. The molecule has 0 aromatic heterocycles. The molecule has 0 aliphatic carbocycles. The number of unbranched alkanes of at least 4 members (excludes halogenated alkanes) is 1. The molecule has 0 saturated heterocycles. The number of nitrogens with one attached hydrogen (secondary N) is 11. The van der Waals surface area contributed by atoms with Crippen LogP contribution in [0.5, 0.6) is 11.5 Å². The summed E-state index contributed by atoms with van der Waals surface area (Å²) in [6.45, 7) is -2.35. The van der Waals surface area contributed by atoms with E-state index in [1.807, 2.05) is 0 Å². The molecule has 8 atom stereocenters. The van der Waals surface area contributed by atoms with Crippen molar-refractivity contribution in [3.05, 3.63) is 131 Å². The fourth-order valence-electron chi connectivity index (χ4n) is 9.63. The number of nitrogens with two attached hydrogens (primary N) is 4. The second-order valence-corrected chi connectivity index (χ2v) is 24.9. The molecule has 31 nitrogen and oxygen atoms in total. The van der Waals surface area contributed by atoms with E-state index in [0.717, 1.165) is 0 Å². The van der Waals surface area contributed by atoms with Crippen molar-refractivity contribution in [2.24, 2.45) is 27.9 Å². The van der Waals surface area contributed by atoms with Gasteiger partial charge in [-0.3, -0.25) is 57.7 Å². The van der Waals surface area contributed by atoms with Crippen LogP contribution in [-0.4, -0.2) is 204 Å². The zero-order valence-corrected chi connectivity index (χ0v) is 56.9. The number of benzene rings is 4. The number of rotatable bonds is 45. The first-order valence-electron chi connectivity index (χ1n) is 31.9. The van der Waals surface area contributed by atoms with Gasteiger partial charge in [0.05, 0.1) is 32.2 Å². The number of hydrogen-bond donors (Lipinski definition) is 18. The predicted molar refractivity (Wildman–Crippen MR) is 374 cm³/mol. The van der Waals surface area contributed by atoms with Crippen molar-refractivity contribution in [3.63, 3.8) is 0 Å². The fourth-order valence-corrected chi connectivity index (χ4v) is 10.6. The van der Waals surface area contributed by atoms with E-state index in [9.17, 15) is 72.9 Å². The number of carbonyl (C=O) groups is 12. The zero-order valence-electron chi connectivity index (χ0n) is 55.3. The number of carboxylic acid groups (broad SMARTS) is 1. The molecule has 0 aliphatic heterocycles. The standard InChI is InChI=1S/C66H92N16O15S2/c1-98-30-26-49(80-63(94)52(33-40-12-5-3-6-13-40)76-56(87)38-72-54(85)36-74-58(89)46(68)32-42-18-22-44(83)23-19-42)62(93)78-47(16-9-10-28-67)60(91)79-48(17-11-29-71-66(69)70)61(92)82-51(35-43-20-24-45(84)25-21-43)59(90)75-37-55(86)73-39-57(88)77-53(34-41-14-7-4-8-15-41)64(95)81-50(65(96)97)27-31-99-2/h3-8,12-15,18-25,46-53,83-84H,9-11,16-17,26-39,67-68H2,1-2H3,(H,72,85)(H,73,86)(H,74,89)(H,75,90)(H,76,87)(H,77,88)(H,78,93)(H,79,91)(H,80,94)(H,81,95)(H,82,92)(H,96,97)(H4,69,70,71)/t46-,47-,48-,49-,50-,51-,52-,53-/m0/s1. The van der Waals surface area contributed by atoms with Gasteiger partial charge in [-0.1, -0.05) is 84.9 Å². The molecule has 33 heteroatoms. The van der Waals surface area contributed by atoms with Crippen LogP contribution in [0.2, 0.25) is 0 Å². The second kappa shape index (κ2) is 44.8. The quantitative estimate of drug-likeness (QED) is 0.0122. The first kappa shape index (κ1) is 81.4. The smallest absolute Gasteiger partial charge is 0.326 e. The van der Waals surface area contributed by atoms with Crippen LogP contribution in [0, 0.1) is 0 Å². The first-order valence-corrected chi connectivity index (χ1v) is 34.7. The Labute approximate surface area is 582 Å². The summed E-state index contributed by atoms with van der Waals surface area (Å²) in [7, 11) is 0. The Morgan fingerprint density at radius 1 is 0.404 bits per heavy atom. The Bertz CT molecular complexity index is 3320. The second-order valence-electron chi connectivity index (χ2n) is 22.9. The Kier molecular flexibility index (Phi) is 36.8. The van der Waals surface area contributed by atoms with Gasteiger partial charge in [0.15, 0.2) is 5.96 Å². The number of hydrogen-bond acceptors (Lipinski definition) is 19. The highest BCUT2D eigenvalue weighted by atomic mass is 32.2. The maximum Gasteiger partial charge on any atom is 0.326 e. The number of aliphatic carboxylic acids is 1. The molecule has 0 radical (unpaired) electrons. The summed E-state index contributed by atoms with van der Waals surface area (Å²) in [5.41, 5.74) is 25.4. The third kappa shape index (κ3) is 32.3. The van der Waals surface area contributed by atoms with Crippen molar-refractivity contribution in [2.45, 2.75) is 119 Å². The van der Waals surface area contributed by atoms with Crippen molar-refractivity contribution in [2.75, 3.05) is 63.3 Å². The average molecular weight is 1410 g/mol. The average Bonchev–Trinajstić information content (AvgIpc) is 1.02. The minimum absolute atomic E-state index is 0.00931. The molecule has 0 aliphatic rings. The van der Waals surface area contributed by atoms with Crippen molar-refractivity contribution >= 4 is 100 Å². The lowest BCUT2D eigenvalue weighted by atomic mass is 10.0. The van der Waals surface area contributed by atoms with E-state index in [0.29, 0.717) is 46.6 Å². The van der Waals surface area contributed by atoms with Crippen molar-refractivity contribution in [3.8, 4) is 11.5 Å². The minimum Gasteiger partial charge on any atom is -0.508 e. The topological polar surface area (TPSA) is 514 Å². The zero-order chi connectivity index (χ0) is 72.7. The monoisotopic (exact) mass is 1410 g/mol. The molecule has 4 aromatic rings. The molecule has 0 unspecified atom stereocenters. The fraction of sp³-hybridized carbons (Fsp3) is 0.439. The maximum absolute atomic E-state index is 14.6. The number of thioether (sulfide) groups is 2. The Morgan fingerprint density at radius 3 is 1.18 bits per heavy atom. The van der Waals surface area contributed by atoms with Gasteiger partial charge in [0, 0.05) is 25.8 Å². The van der Waals surface area contributed by atoms with Crippen LogP contribution < -0.4 is 81.4 Å². The Balaban J connectivity index is 1.50. The molecular formula is C66H92N16O15S2. The molecule has 0 saturated carbocycles. The summed E-state index contributed by atoms with van der Waals surface area (Å²) in [6.07, 6.45) is 4.15. The summed E-state index contributed by atoms with van der Waals surface area (Å²) in [5.74, 6) is -9.74. The van der Waals surface area contributed by atoms with E-state index in [2.05, 4.69) is 63.5 Å². The summed E-state index contributed by atoms with van der Waals surface area (Å²) in [5, 5.41) is 57.4. The summed E-state index contributed by atoms with van der Waals surface area (Å²) >= 11 is 2.74. The molecule has 0 heterocycles. The number of phenolic OH excluding ortho intramolecular Hbond substituents is 2. The number of aromatic hydroxyl groups is 2. The lowest BCUT2D eigenvalue weighted by Gasteiger charge is -2.27. The molecule has 11 amide bonds. The van der Waals surface area contributed by atoms with Crippen molar-refractivity contribution in [1.82, 2.24) is 58.5 Å². The van der Waals surface area contributed by atoms with Gasteiger partial charge in [-0.05, 0) is 128 Å². The van der Waals surface area contributed by atoms with E-state index >= 15 is 0 Å². The maximum atomic E-state index is 14.6. The number of guanidine groups is 1. The molecule has 4 rings (SSSR count). The molecule has 0 spiro atoms.